The Balaban J connectivity index is 0. The summed E-state index contributed by atoms with van der Waals surface area (Å²) in [4.78, 5) is 4.00. The fourth-order valence-corrected chi connectivity index (χ4v) is 0.575. The van der Waals surface area contributed by atoms with Gasteiger partial charge in [-0.3, -0.25) is 0 Å². The predicted octanol–water partition coefficient (Wildman–Crippen LogP) is 2.64. The Bertz CT molecular complexity index is 169. The van der Waals surface area contributed by atoms with Crippen LogP contribution in [0.2, 0.25) is 0 Å². The molecule has 0 fully saturated rings. The molecule has 0 aromatic heterocycles. The molecule has 0 amide bonds. The Hall–Kier alpha value is 0.413. The molecule has 0 radical (unpaired) electrons. The van der Waals surface area contributed by atoms with Crippen LogP contribution in [0.1, 0.15) is 6.92 Å². The summed E-state index contributed by atoms with van der Waals surface area (Å²) in [5.74, 6) is 0. The molecule has 82 valence electrons. The summed E-state index contributed by atoms with van der Waals surface area (Å²) >= 11 is -1.36. The summed E-state index contributed by atoms with van der Waals surface area (Å²) in [6.45, 7) is 3.87. The maximum Gasteiger partial charge on any atom is -0.358 e. The van der Waals surface area contributed by atoms with Crippen molar-refractivity contribution in [2.75, 3.05) is 14.1 Å². The van der Waals surface area contributed by atoms with Crippen LogP contribution in [0.15, 0.2) is 12.4 Å². The normalized spacial score (nSPS) is 14.4. The van der Waals surface area contributed by atoms with Gasteiger partial charge >= 0.3 is 44.4 Å². The molecule has 0 N–H and O–H groups in total. The fourth-order valence-electron chi connectivity index (χ4n) is 0.575. The van der Waals surface area contributed by atoms with Crippen molar-refractivity contribution < 1.29 is 13.5 Å². The van der Waals surface area contributed by atoms with Gasteiger partial charge in [0.15, 0.2) is 0 Å². The van der Waals surface area contributed by atoms with Gasteiger partial charge in [-0.25, -0.2) is 0 Å². The number of rotatable bonds is 0. The SMILES string of the molecule is CN1C=CN(C)[CH-]1.C[CH]=[Ru]([Cl])[Cl].[CH3-]. The van der Waals surface area contributed by atoms with E-state index in [0.29, 0.717) is 0 Å². The third kappa shape index (κ3) is 10.3. The number of nitrogens with zero attached hydrogens (tertiary/aromatic N) is 2. The number of hydrogen-bond acceptors (Lipinski definition) is 2. The van der Waals surface area contributed by atoms with E-state index in [1.807, 2.05) is 54.5 Å². The van der Waals surface area contributed by atoms with Crippen molar-refractivity contribution in [3.8, 4) is 0 Å². The standard InChI is InChI=1S/C5H9N2.C2H4.CH3.2ClH.Ru/c1-6-3-4-7(2)5-6;1-2;;;;/h3-5H,1-2H3;1H,2H3;1H3;2*1H;/q-1;;-1;;;+2/p-2. The van der Waals surface area contributed by atoms with Gasteiger partial charge in [0, 0.05) is 0 Å². The molecule has 13 heavy (non-hydrogen) atoms. The second kappa shape index (κ2) is 8.99. The molecule has 0 aromatic rings. The quantitative estimate of drug-likeness (QED) is 0.501. The minimum atomic E-state index is -1.36. The average molecular weight is 312 g/mol. The van der Waals surface area contributed by atoms with Gasteiger partial charge in [-0.1, -0.05) is 0 Å². The Morgan fingerprint density at radius 1 is 1.23 bits per heavy atom. The Morgan fingerprint density at radius 2 is 1.54 bits per heavy atom. The minimum Gasteiger partial charge on any atom is -0.358 e. The van der Waals surface area contributed by atoms with E-state index in [1.54, 1.807) is 0 Å². The first kappa shape index (κ1) is 15.9. The molecular weight excluding hydrogens is 296 g/mol. The molecule has 1 aliphatic heterocycles. The average Bonchev–Trinajstić information content (AvgIpc) is 2.36. The maximum absolute atomic E-state index is 5.32. The van der Waals surface area contributed by atoms with E-state index in [0.717, 1.165) is 0 Å². The van der Waals surface area contributed by atoms with Crippen LogP contribution in [-0.2, 0) is 13.5 Å². The van der Waals surface area contributed by atoms with Gasteiger partial charge in [-0.2, -0.15) is 6.67 Å². The maximum atomic E-state index is 5.32. The van der Waals surface area contributed by atoms with E-state index in [9.17, 15) is 0 Å². The molecular formula is C8H16Cl2N2Ru-2. The van der Waals surface area contributed by atoms with Crippen LogP contribution in [-0.4, -0.2) is 28.5 Å². The topological polar surface area (TPSA) is 6.48 Å². The first-order chi connectivity index (χ1) is 5.56. The molecule has 0 saturated carbocycles. The molecule has 0 bridgehead atoms. The largest absolute Gasteiger partial charge is 0.358 e. The molecule has 2 nitrogen and oxygen atoms in total. The summed E-state index contributed by atoms with van der Waals surface area (Å²) in [5, 5.41) is 0. The molecule has 0 aromatic carbocycles. The van der Waals surface area contributed by atoms with Crippen LogP contribution in [0.25, 0.3) is 0 Å². The number of hydrogen-bond donors (Lipinski definition) is 0. The molecule has 0 unspecified atom stereocenters. The Labute approximate surface area is 94.6 Å². The van der Waals surface area contributed by atoms with E-state index < -0.39 is 13.5 Å². The monoisotopic (exact) mass is 312 g/mol. The van der Waals surface area contributed by atoms with E-state index in [2.05, 4.69) is 0 Å². The molecule has 1 heterocycles. The first-order valence-corrected chi connectivity index (χ1v) is 8.79. The molecule has 1 aliphatic rings. The van der Waals surface area contributed by atoms with Crippen molar-refractivity contribution in [1.29, 1.82) is 0 Å². The zero-order valence-corrected chi connectivity index (χ0v) is 11.6. The van der Waals surface area contributed by atoms with Crippen LogP contribution in [0.3, 0.4) is 0 Å². The van der Waals surface area contributed by atoms with Gasteiger partial charge in [0.05, 0.1) is 0 Å². The van der Waals surface area contributed by atoms with Crippen LogP contribution >= 0.6 is 19.4 Å². The van der Waals surface area contributed by atoms with E-state index in [-0.39, 0.29) is 7.43 Å². The van der Waals surface area contributed by atoms with Crippen molar-refractivity contribution in [3.05, 3.63) is 26.5 Å². The number of halogens is 2. The zero-order chi connectivity index (χ0) is 9.56. The summed E-state index contributed by atoms with van der Waals surface area (Å²) in [7, 11) is 14.6. The molecule has 0 saturated heterocycles. The summed E-state index contributed by atoms with van der Waals surface area (Å²) in [5.41, 5.74) is 0. The summed E-state index contributed by atoms with van der Waals surface area (Å²) in [6, 6.07) is 0. The molecule has 0 aliphatic carbocycles. The Morgan fingerprint density at radius 3 is 1.62 bits per heavy atom. The van der Waals surface area contributed by atoms with Gasteiger partial charge in [-0.05, 0) is 26.5 Å². The minimum absolute atomic E-state index is 0. The van der Waals surface area contributed by atoms with Gasteiger partial charge in [0.1, 0.15) is 0 Å². The zero-order valence-electron chi connectivity index (χ0n) is 8.31. The molecule has 0 atom stereocenters. The Kier molecular flexibility index (Phi) is 11.0. The second-order valence-corrected chi connectivity index (χ2v) is 8.38. The third-order valence-electron chi connectivity index (χ3n) is 1.06. The van der Waals surface area contributed by atoms with E-state index in [4.69, 9.17) is 19.4 Å². The fraction of sp³-hybridized carbons (Fsp3) is 0.375. The van der Waals surface area contributed by atoms with Crippen molar-refractivity contribution in [2.24, 2.45) is 0 Å². The van der Waals surface area contributed by atoms with Crippen molar-refractivity contribution in [1.82, 2.24) is 9.80 Å². The summed E-state index contributed by atoms with van der Waals surface area (Å²) < 4.78 is 1.84. The second-order valence-electron chi connectivity index (χ2n) is 2.15. The third-order valence-corrected chi connectivity index (χ3v) is 3.64. The van der Waals surface area contributed by atoms with Crippen molar-refractivity contribution >= 4 is 24.0 Å². The van der Waals surface area contributed by atoms with Crippen molar-refractivity contribution in [2.45, 2.75) is 6.92 Å². The molecule has 0 spiro atoms. The summed E-state index contributed by atoms with van der Waals surface area (Å²) in [6.07, 6.45) is 4.00. The predicted molar refractivity (Wildman–Crippen MR) is 58.8 cm³/mol. The van der Waals surface area contributed by atoms with Gasteiger partial charge in [0.2, 0.25) is 0 Å². The van der Waals surface area contributed by atoms with Crippen LogP contribution in [0, 0.1) is 14.1 Å². The molecule has 5 heteroatoms. The van der Waals surface area contributed by atoms with Crippen LogP contribution in [0.4, 0.5) is 0 Å². The van der Waals surface area contributed by atoms with Gasteiger partial charge < -0.3 is 17.2 Å². The molecule has 1 rings (SSSR count). The van der Waals surface area contributed by atoms with Gasteiger partial charge in [0.25, 0.3) is 0 Å². The van der Waals surface area contributed by atoms with Crippen LogP contribution in [0.5, 0.6) is 0 Å². The van der Waals surface area contributed by atoms with Gasteiger partial charge in [-0.15, -0.1) is 0 Å². The smallest absolute Gasteiger partial charge is 0.358 e. The van der Waals surface area contributed by atoms with E-state index >= 15 is 0 Å². The van der Waals surface area contributed by atoms with Crippen LogP contribution < -0.4 is 0 Å². The first-order valence-electron chi connectivity index (χ1n) is 3.31. The van der Waals surface area contributed by atoms with E-state index in [1.165, 1.54) is 0 Å². The van der Waals surface area contributed by atoms with Crippen molar-refractivity contribution in [3.63, 3.8) is 0 Å².